The third-order valence-electron chi connectivity index (χ3n) is 4.11. The molecule has 126 valence electrons. The molecular weight excluding hydrogens is 304 g/mol. The molecule has 3 atom stereocenters. The van der Waals surface area contributed by atoms with Crippen LogP contribution in [0.1, 0.15) is 24.5 Å². The van der Waals surface area contributed by atoms with Crippen LogP contribution >= 0.6 is 0 Å². The van der Waals surface area contributed by atoms with Crippen molar-refractivity contribution in [2.75, 3.05) is 0 Å². The van der Waals surface area contributed by atoms with Crippen LogP contribution in [0, 0.1) is 0 Å². The Morgan fingerprint density at radius 3 is 2.04 bits per heavy atom. The Kier molecular flexibility index (Phi) is 5.62. The van der Waals surface area contributed by atoms with Crippen molar-refractivity contribution < 1.29 is 19.0 Å². The van der Waals surface area contributed by atoms with Crippen LogP contribution in [0.25, 0.3) is 0 Å². The van der Waals surface area contributed by atoms with Crippen LogP contribution in [0.4, 0.5) is 0 Å². The number of hydrogen-bond donors (Lipinski definition) is 0. The van der Waals surface area contributed by atoms with Crippen molar-refractivity contribution in [2.24, 2.45) is 0 Å². The first kappa shape index (κ1) is 16.7. The Bertz CT molecular complexity index is 641. The van der Waals surface area contributed by atoms with Crippen LogP contribution in [-0.4, -0.2) is 24.3 Å². The lowest BCUT2D eigenvalue weighted by atomic mass is 10.0. The van der Waals surface area contributed by atoms with Gasteiger partial charge in [-0.2, -0.15) is 0 Å². The molecular formula is C20H22O4. The molecule has 1 heterocycles. The van der Waals surface area contributed by atoms with E-state index in [0.717, 1.165) is 11.1 Å². The topological polar surface area (TPSA) is 44.8 Å². The van der Waals surface area contributed by atoms with Gasteiger partial charge in [-0.15, -0.1) is 0 Å². The van der Waals surface area contributed by atoms with Crippen molar-refractivity contribution in [1.82, 2.24) is 0 Å². The highest BCUT2D eigenvalue weighted by molar-refractivity contribution is 5.71. The lowest BCUT2D eigenvalue weighted by Crippen LogP contribution is -2.47. The number of carbonyl (C=O) groups is 1. The Morgan fingerprint density at radius 2 is 1.46 bits per heavy atom. The monoisotopic (exact) mass is 326 g/mol. The minimum absolute atomic E-state index is 0.219. The number of carbonyl (C=O) groups excluding carboxylic acids is 1. The Hall–Kier alpha value is -2.17. The first-order chi connectivity index (χ1) is 11.7. The third kappa shape index (κ3) is 4.43. The number of rotatable bonds is 6. The van der Waals surface area contributed by atoms with Gasteiger partial charge in [-0.1, -0.05) is 60.7 Å². The van der Waals surface area contributed by atoms with Crippen LogP contribution in [0.3, 0.4) is 0 Å². The first-order valence-corrected chi connectivity index (χ1v) is 8.23. The zero-order chi connectivity index (χ0) is 16.8. The molecule has 0 radical (unpaired) electrons. The van der Waals surface area contributed by atoms with Crippen molar-refractivity contribution in [3.05, 3.63) is 71.8 Å². The van der Waals surface area contributed by atoms with Gasteiger partial charge in [-0.3, -0.25) is 4.79 Å². The van der Waals surface area contributed by atoms with Gasteiger partial charge < -0.3 is 14.2 Å². The summed E-state index contributed by atoms with van der Waals surface area (Å²) in [6.45, 7) is 2.78. The van der Waals surface area contributed by atoms with Crippen molar-refractivity contribution in [3.63, 3.8) is 0 Å². The summed E-state index contributed by atoms with van der Waals surface area (Å²) in [5.74, 6) is -0.236. The molecule has 1 fully saturated rings. The standard InChI is InChI=1S/C20H22O4/c1-15-20(23-14-17-10-6-3-7-11-17)18(12-19(21)24-15)22-13-16-8-4-2-5-9-16/h2-11,15,18,20H,12-14H2,1H3/t15-,18-,20-/m0/s1. The smallest absolute Gasteiger partial charge is 0.308 e. The number of ether oxygens (including phenoxy) is 3. The largest absolute Gasteiger partial charge is 0.460 e. The van der Waals surface area contributed by atoms with E-state index < -0.39 is 0 Å². The molecule has 3 rings (SSSR count). The zero-order valence-electron chi connectivity index (χ0n) is 13.8. The van der Waals surface area contributed by atoms with E-state index in [0.29, 0.717) is 13.2 Å². The molecule has 24 heavy (non-hydrogen) atoms. The molecule has 0 N–H and O–H groups in total. The van der Waals surface area contributed by atoms with E-state index in [9.17, 15) is 4.79 Å². The highest BCUT2D eigenvalue weighted by Crippen LogP contribution is 2.24. The van der Waals surface area contributed by atoms with Gasteiger partial charge >= 0.3 is 5.97 Å². The van der Waals surface area contributed by atoms with Gasteiger partial charge in [0.15, 0.2) is 0 Å². The highest BCUT2D eigenvalue weighted by Gasteiger charge is 2.38. The molecule has 0 aliphatic carbocycles. The average Bonchev–Trinajstić information content (AvgIpc) is 2.61. The molecule has 0 bridgehead atoms. The van der Waals surface area contributed by atoms with Crippen LogP contribution < -0.4 is 0 Å². The Balaban J connectivity index is 1.62. The van der Waals surface area contributed by atoms with Crippen LogP contribution in [-0.2, 0) is 32.2 Å². The first-order valence-electron chi connectivity index (χ1n) is 8.23. The third-order valence-corrected chi connectivity index (χ3v) is 4.11. The number of hydrogen-bond acceptors (Lipinski definition) is 4. The quantitative estimate of drug-likeness (QED) is 0.762. The van der Waals surface area contributed by atoms with Crippen LogP contribution in [0.15, 0.2) is 60.7 Å². The molecule has 0 amide bonds. The summed E-state index contributed by atoms with van der Waals surface area (Å²) < 4.78 is 17.3. The molecule has 2 aromatic rings. The second kappa shape index (κ2) is 8.08. The predicted molar refractivity (Wildman–Crippen MR) is 90.2 cm³/mol. The summed E-state index contributed by atoms with van der Waals surface area (Å²) in [6.07, 6.45) is -0.677. The summed E-state index contributed by atoms with van der Waals surface area (Å²) in [5.41, 5.74) is 2.16. The fraction of sp³-hybridized carbons (Fsp3) is 0.350. The van der Waals surface area contributed by atoms with E-state index in [1.54, 1.807) is 0 Å². The molecule has 1 saturated heterocycles. The number of esters is 1. The normalized spacial score (nSPS) is 23.7. The van der Waals surface area contributed by atoms with Crippen LogP contribution in [0.2, 0.25) is 0 Å². The minimum Gasteiger partial charge on any atom is -0.460 e. The maximum Gasteiger partial charge on any atom is 0.308 e. The number of benzene rings is 2. The maximum atomic E-state index is 11.8. The lowest BCUT2D eigenvalue weighted by molar-refractivity contribution is -0.194. The maximum absolute atomic E-state index is 11.8. The molecule has 0 unspecified atom stereocenters. The molecule has 1 aliphatic rings. The van der Waals surface area contributed by atoms with Gasteiger partial charge in [0.2, 0.25) is 0 Å². The van der Waals surface area contributed by atoms with E-state index in [1.807, 2.05) is 67.6 Å². The fourth-order valence-corrected chi connectivity index (χ4v) is 2.85. The van der Waals surface area contributed by atoms with E-state index in [-0.39, 0.29) is 30.7 Å². The van der Waals surface area contributed by atoms with Crippen molar-refractivity contribution in [2.45, 2.75) is 44.9 Å². The molecule has 0 spiro atoms. The van der Waals surface area contributed by atoms with E-state index in [2.05, 4.69) is 0 Å². The van der Waals surface area contributed by atoms with E-state index in [1.165, 1.54) is 0 Å². The molecule has 4 nitrogen and oxygen atoms in total. The van der Waals surface area contributed by atoms with Crippen molar-refractivity contribution >= 4 is 5.97 Å². The Morgan fingerprint density at radius 1 is 0.917 bits per heavy atom. The Labute approximate surface area is 142 Å². The SMILES string of the molecule is C[C@@H]1OC(=O)C[C@H](OCc2ccccc2)[C@H]1OCc1ccccc1. The van der Waals surface area contributed by atoms with Gasteiger partial charge in [0, 0.05) is 0 Å². The van der Waals surface area contributed by atoms with Crippen LogP contribution in [0.5, 0.6) is 0 Å². The van der Waals surface area contributed by atoms with Gasteiger partial charge in [-0.25, -0.2) is 0 Å². The van der Waals surface area contributed by atoms with Gasteiger partial charge in [0.1, 0.15) is 12.2 Å². The second-order valence-electron chi connectivity index (χ2n) is 6.00. The van der Waals surface area contributed by atoms with Gasteiger partial charge in [0.05, 0.1) is 25.7 Å². The molecule has 2 aromatic carbocycles. The van der Waals surface area contributed by atoms with Crippen molar-refractivity contribution in [1.29, 1.82) is 0 Å². The van der Waals surface area contributed by atoms with Gasteiger partial charge in [0.25, 0.3) is 0 Å². The molecule has 0 aromatic heterocycles. The summed E-state index contributed by atoms with van der Waals surface area (Å²) in [6, 6.07) is 19.9. The summed E-state index contributed by atoms with van der Waals surface area (Å²) in [4.78, 5) is 11.8. The molecule has 4 heteroatoms. The lowest BCUT2D eigenvalue weighted by Gasteiger charge is -2.35. The van der Waals surface area contributed by atoms with E-state index >= 15 is 0 Å². The number of cyclic esters (lactones) is 1. The minimum atomic E-state index is -0.323. The predicted octanol–water partition coefficient (Wildman–Crippen LogP) is 3.49. The summed E-state index contributed by atoms with van der Waals surface area (Å²) >= 11 is 0. The zero-order valence-corrected chi connectivity index (χ0v) is 13.8. The van der Waals surface area contributed by atoms with Gasteiger partial charge in [-0.05, 0) is 18.1 Å². The average molecular weight is 326 g/mol. The molecule has 0 saturated carbocycles. The molecule has 1 aliphatic heterocycles. The summed E-state index contributed by atoms with van der Waals surface area (Å²) in [5, 5.41) is 0. The van der Waals surface area contributed by atoms with Crippen molar-refractivity contribution in [3.8, 4) is 0 Å². The fourth-order valence-electron chi connectivity index (χ4n) is 2.85. The second-order valence-corrected chi connectivity index (χ2v) is 6.00. The van der Waals surface area contributed by atoms with E-state index in [4.69, 9.17) is 14.2 Å². The summed E-state index contributed by atoms with van der Waals surface area (Å²) in [7, 11) is 0. The highest BCUT2D eigenvalue weighted by atomic mass is 16.6.